The SMILES string of the molecule is Cc1cc(N2CCN(C(C(=O)N(C)C)c3ccccc3)CC2)c(OCC2CC2)cc1C#N. The Morgan fingerprint density at radius 1 is 1.16 bits per heavy atom. The number of piperazine rings is 1. The summed E-state index contributed by atoms with van der Waals surface area (Å²) in [6.07, 6.45) is 2.46. The summed E-state index contributed by atoms with van der Waals surface area (Å²) in [5.41, 5.74) is 3.71. The molecule has 4 rings (SSSR count). The highest BCUT2D eigenvalue weighted by molar-refractivity contribution is 5.83. The van der Waals surface area contributed by atoms with Gasteiger partial charge in [-0.15, -0.1) is 0 Å². The second-order valence-corrected chi connectivity index (χ2v) is 9.07. The van der Waals surface area contributed by atoms with Crippen molar-refractivity contribution in [3.63, 3.8) is 0 Å². The zero-order valence-corrected chi connectivity index (χ0v) is 19.3. The third-order valence-corrected chi connectivity index (χ3v) is 6.41. The van der Waals surface area contributed by atoms with E-state index in [2.05, 4.69) is 21.9 Å². The number of carbonyl (C=O) groups is 1. The van der Waals surface area contributed by atoms with E-state index in [9.17, 15) is 10.1 Å². The summed E-state index contributed by atoms with van der Waals surface area (Å²) in [5, 5.41) is 9.47. The average molecular weight is 433 g/mol. The number of nitriles is 1. The third-order valence-electron chi connectivity index (χ3n) is 6.41. The molecule has 6 heteroatoms. The lowest BCUT2D eigenvalue weighted by molar-refractivity contribution is -0.134. The standard InChI is InChI=1S/C26H32N4O2/c1-19-15-23(24(16-22(19)17-27)32-18-20-9-10-20)29-11-13-30(14-12-29)25(26(31)28(2)3)21-7-5-4-6-8-21/h4-8,15-16,20,25H,9-14,18H2,1-3H3. The lowest BCUT2D eigenvalue weighted by atomic mass is 10.0. The Morgan fingerprint density at radius 2 is 1.84 bits per heavy atom. The van der Waals surface area contributed by atoms with E-state index in [0.29, 0.717) is 18.1 Å². The monoisotopic (exact) mass is 432 g/mol. The summed E-state index contributed by atoms with van der Waals surface area (Å²) in [6, 6.07) is 16.0. The molecule has 32 heavy (non-hydrogen) atoms. The van der Waals surface area contributed by atoms with Crippen molar-refractivity contribution in [1.29, 1.82) is 5.26 Å². The van der Waals surface area contributed by atoms with Gasteiger partial charge in [-0.2, -0.15) is 5.26 Å². The number of carbonyl (C=O) groups excluding carboxylic acids is 1. The molecule has 1 atom stereocenters. The van der Waals surface area contributed by atoms with Crippen molar-refractivity contribution in [3.8, 4) is 11.8 Å². The predicted octanol–water partition coefficient (Wildman–Crippen LogP) is 3.61. The van der Waals surface area contributed by atoms with Gasteiger partial charge in [0.05, 0.1) is 23.9 Å². The van der Waals surface area contributed by atoms with Crippen LogP contribution in [0.15, 0.2) is 42.5 Å². The minimum Gasteiger partial charge on any atom is -0.491 e. The molecule has 1 aliphatic carbocycles. The van der Waals surface area contributed by atoms with Gasteiger partial charge < -0.3 is 14.5 Å². The van der Waals surface area contributed by atoms with Crippen LogP contribution in [0.25, 0.3) is 0 Å². The van der Waals surface area contributed by atoms with Crippen LogP contribution in [0.4, 0.5) is 5.69 Å². The molecule has 168 valence electrons. The molecule has 2 aliphatic rings. The van der Waals surface area contributed by atoms with Crippen molar-refractivity contribution in [2.24, 2.45) is 5.92 Å². The molecule has 6 nitrogen and oxygen atoms in total. The summed E-state index contributed by atoms with van der Waals surface area (Å²) < 4.78 is 6.16. The first-order chi connectivity index (χ1) is 15.5. The average Bonchev–Trinajstić information content (AvgIpc) is 3.64. The molecular formula is C26H32N4O2. The van der Waals surface area contributed by atoms with E-state index in [1.54, 1.807) is 4.90 Å². The number of anilines is 1. The van der Waals surface area contributed by atoms with Crippen LogP contribution < -0.4 is 9.64 Å². The van der Waals surface area contributed by atoms with Gasteiger partial charge in [-0.3, -0.25) is 9.69 Å². The first-order valence-electron chi connectivity index (χ1n) is 11.4. The van der Waals surface area contributed by atoms with Gasteiger partial charge >= 0.3 is 0 Å². The number of aryl methyl sites for hydroxylation is 1. The normalized spacial score (nSPS) is 17.5. The Hall–Kier alpha value is -3.04. The molecule has 0 bridgehead atoms. The second-order valence-electron chi connectivity index (χ2n) is 9.07. The molecule has 0 N–H and O–H groups in total. The molecule has 0 radical (unpaired) electrons. The van der Waals surface area contributed by atoms with Crippen LogP contribution in [-0.4, -0.2) is 62.6 Å². The Kier molecular flexibility index (Phi) is 6.66. The molecule has 2 aromatic carbocycles. The minimum atomic E-state index is -0.276. The highest BCUT2D eigenvalue weighted by Gasteiger charge is 2.32. The van der Waals surface area contributed by atoms with Gasteiger partial charge in [0, 0.05) is 46.3 Å². The fraction of sp³-hybridized carbons (Fsp3) is 0.462. The third kappa shape index (κ3) is 4.89. The van der Waals surface area contributed by atoms with E-state index in [4.69, 9.17) is 4.74 Å². The summed E-state index contributed by atoms with van der Waals surface area (Å²) >= 11 is 0. The molecule has 1 saturated heterocycles. The second kappa shape index (κ2) is 9.62. The summed E-state index contributed by atoms with van der Waals surface area (Å²) in [7, 11) is 3.63. The molecule has 1 unspecified atom stereocenters. The van der Waals surface area contributed by atoms with E-state index in [-0.39, 0.29) is 11.9 Å². The van der Waals surface area contributed by atoms with Crippen molar-refractivity contribution in [1.82, 2.24) is 9.80 Å². The fourth-order valence-electron chi connectivity index (χ4n) is 4.26. The quantitative estimate of drug-likeness (QED) is 0.669. The first kappa shape index (κ1) is 22.2. The highest BCUT2D eigenvalue weighted by Crippen LogP contribution is 2.36. The first-order valence-corrected chi connectivity index (χ1v) is 11.4. The summed E-state index contributed by atoms with van der Waals surface area (Å²) in [4.78, 5) is 19.3. The van der Waals surface area contributed by atoms with Crippen LogP contribution in [0.1, 0.15) is 35.6 Å². The topological polar surface area (TPSA) is 59.8 Å². The van der Waals surface area contributed by atoms with Gasteiger partial charge in [-0.1, -0.05) is 30.3 Å². The minimum absolute atomic E-state index is 0.104. The van der Waals surface area contributed by atoms with Crippen molar-refractivity contribution in [2.75, 3.05) is 51.8 Å². The summed E-state index contributed by atoms with van der Waals surface area (Å²) in [5.74, 6) is 1.55. The van der Waals surface area contributed by atoms with Gasteiger partial charge in [0.15, 0.2) is 0 Å². The highest BCUT2D eigenvalue weighted by atomic mass is 16.5. The number of amides is 1. The maximum absolute atomic E-state index is 13.0. The van der Waals surface area contributed by atoms with Crippen LogP contribution in [0.3, 0.4) is 0 Å². The Balaban J connectivity index is 1.53. The number of nitrogens with zero attached hydrogens (tertiary/aromatic N) is 4. The van der Waals surface area contributed by atoms with Gasteiger partial charge in [-0.25, -0.2) is 0 Å². The molecule has 1 aliphatic heterocycles. The zero-order chi connectivity index (χ0) is 22.7. The van der Waals surface area contributed by atoms with Crippen molar-refractivity contribution in [3.05, 3.63) is 59.2 Å². The van der Waals surface area contributed by atoms with E-state index >= 15 is 0 Å². The van der Waals surface area contributed by atoms with Crippen molar-refractivity contribution < 1.29 is 9.53 Å². The Bertz CT molecular complexity index is 987. The Labute approximate surface area is 191 Å². The maximum Gasteiger partial charge on any atom is 0.244 e. The van der Waals surface area contributed by atoms with Gasteiger partial charge in [0.25, 0.3) is 0 Å². The van der Waals surface area contributed by atoms with E-state index in [0.717, 1.165) is 48.7 Å². The molecule has 0 spiro atoms. The summed E-state index contributed by atoms with van der Waals surface area (Å²) in [6.45, 7) is 5.85. The zero-order valence-electron chi connectivity index (χ0n) is 19.3. The molecule has 1 amide bonds. The van der Waals surface area contributed by atoms with Crippen molar-refractivity contribution in [2.45, 2.75) is 25.8 Å². The largest absolute Gasteiger partial charge is 0.491 e. The van der Waals surface area contributed by atoms with E-state index in [1.165, 1.54) is 12.8 Å². The molecule has 0 aromatic heterocycles. The fourth-order valence-corrected chi connectivity index (χ4v) is 4.26. The van der Waals surface area contributed by atoms with Crippen LogP contribution >= 0.6 is 0 Å². The molecule has 1 saturated carbocycles. The predicted molar refractivity (Wildman–Crippen MR) is 126 cm³/mol. The van der Waals surface area contributed by atoms with E-state index in [1.807, 2.05) is 57.4 Å². The lowest BCUT2D eigenvalue weighted by Crippen LogP contribution is -2.51. The number of benzene rings is 2. The van der Waals surface area contributed by atoms with Crippen LogP contribution in [0.5, 0.6) is 5.75 Å². The smallest absolute Gasteiger partial charge is 0.244 e. The number of hydrogen-bond donors (Lipinski definition) is 0. The van der Waals surface area contributed by atoms with Gasteiger partial charge in [-0.05, 0) is 42.9 Å². The lowest BCUT2D eigenvalue weighted by Gasteiger charge is -2.40. The van der Waals surface area contributed by atoms with Crippen LogP contribution in [0, 0.1) is 24.2 Å². The van der Waals surface area contributed by atoms with Crippen molar-refractivity contribution >= 4 is 11.6 Å². The molecular weight excluding hydrogens is 400 g/mol. The number of ether oxygens (including phenoxy) is 1. The number of rotatable bonds is 7. The molecule has 2 aromatic rings. The van der Waals surface area contributed by atoms with Gasteiger partial charge in [0.2, 0.25) is 5.91 Å². The number of hydrogen-bond acceptors (Lipinski definition) is 5. The molecule has 1 heterocycles. The van der Waals surface area contributed by atoms with E-state index < -0.39 is 0 Å². The molecule has 2 fully saturated rings. The van der Waals surface area contributed by atoms with Crippen LogP contribution in [0.2, 0.25) is 0 Å². The Morgan fingerprint density at radius 3 is 2.44 bits per heavy atom. The number of likely N-dealkylation sites (N-methyl/N-ethyl adjacent to an activating group) is 1. The van der Waals surface area contributed by atoms with Crippen LogP contribution in [-0.2, 0) is 4.79 Å². The van der Waals surface area contributed by atoms with Gasteiger partial charge in [0.1, 0.15) is 11.8 Å². The maximum atomic E-state index is 13.0.